The van der Waals surface area contributed by atoms with Gasteiger partial charge in [-0.1, -0.05) is 48.5 Å². The molecule has 2 amide bonds. The van der Waals surface area contributed by atoms with E-state index in [0.29, 0.717) is 18.8 Å². The Kier molecular flexibility index (Phi) is 6.93. The molecule has 2 N–H and O–H groups in total. The Hall–Kier alpha value is -3.60. The number of aromatic nitrogens is 2. The number of hydrogen-bond acceptors (Lipinski definition) is 5. The summed E-state index contributed by atoms with van der Waals surface area (Å²) in [5, 5.41) is 2.99. The second kappa shape index (κ2) is 10.4. The van der Waals surface area contributed by atoms with Gasteiger partial charge in [0.1, 0.15) is 18.0 Å². The molecule has 3 aromatic carbocycles. The normalized spacial score (nSPS) is 18.4. The van der Waals surface area contributed by atoms with E-state index in [0.717, 1.165) is 25.7 Å². The molecule has 0 spiro atoms. The fraction of sp³-hybridized carbons (Fsp3) is 0.323. The zero-order valence-corrected chi connectivity index (χ0v) is 24.8. The van der Waals surface area contributed by atoms with Gasteiger partial charge >= 0.3 is 12.2 Å². The highest BCUT2D eigenvalue weighted by atomic mass is 127. The monoisotopic (exact) mass is 650 g/mol. The molecule has 2 heterocycles. The number of carbonyl (C=O) groups excluding carboxylic acids is 2. The first-order valence-corrected chi connectivity index (χ1v) is 14.5. The molecule has 1 fully saturated rings. The molecule has 0 radical (unpaired) electrons. The summed E-state index contributed by atoms with van der Waals surface area (Å²) in [6.07, 6.45) is -0.458. The van der Waals surface area contributed by atoms with Crippen LogP contribution in [0.2, 0.25) is 0 Å². The molecule has 0 bridgehead atoms. The van der Waals surface area contributed by atoms with Crippen LogP contribution in [-0.4, -0.2) is 51.8 Å². The first kappa shape index (κ1) is 26.6. The van der Waals surface area contributed by atoms with Crippen molar-refractivity contribution >= 4 is 45.8 Å². The van der Waals surface area contributed by atoms with Crippen LogP contribution in [0.4, 0.5) is 9.59 Å². The lowest BCUT2D eigenvalue weighted by Gasteiger charge is -2.27. The van der Waals surface area contributed by atoms with E-state index in [-0.39, 0.29) is 24.6 Å². The van der Waals surface area contributed by atoms with Crippen molar-refractivity contribution in [3.63, 3.8) is 0 Å². The second-order valence-electron chi connectivity index (χ2n) is 11.3. The van der Waals surface area contributed by atoms with Crippen molar-refractivity contribution < 1.29 is 19.1 Å². The summed E-state index contributed by atoms with van der Waals surface area (Å²) in [6, 6.07) is 21.8. The highest BCUT2D eigenvalue weighted by Gasteiger charge is 2.41. The van der Waals surface area contributed by atoms with Crippen LogP contribution in [0.3, 0.4) is 0 Å². The fourth-order valence-corrected chi connectivity index (χ4v) is 6.16. The fourth-order valence-electron chi connectivity index (χ4n) is 5.69. The number of ether oxygens (including phenoxy) is 2. The van der Waals surface area contributed by atoms with Gasteiger partial charge in [0.05, 0.1) is 23.1 Å². The highest BCUT2D eigenvalue weighted by Crippen LogP contribution is 2.44. The summed E-state index contributed by atoms with van der Waals surface area (Å²) >= 11 is 2.25. The largest absolute Gasteiger partial charge is 0.449 e. The minimum absolute atomic E-state index is 0.0221. The minimum atomic E-state index is -0.649. The average Bonchev–Trinajstić information content (AvgIpc) is 3.60. The van der Waals surface area contributed by atoms with Crippen LogP contribution in [0.1, 0.15) is 56.1 Å². The van der Waals surface area contributed by atoms with E-state index in [2.05, 4.69) is 57.2 Å². The van der Waals surface area contributed by atoms with E-state index in [4.69, 9.17) is 14.5 Å². The summed E-state index contributed by atoms with van der Waals surface area (Å²) in [4.78, 5) is 36.0. The van der Waals surface area contributed by atoms with Crippen LogP contribution in [0, 0.1) is 3.57 Å². The summed E-state index contributed by atoms with van der Waals surface area (Å²) in [7, 11) is 0. The molecule has 9 heteroatoms. The number of imidazole rings is 1. The van der Waals surface area contributed by atoms with Gasteiger partial charge in [-0.05, 0) is 90.2 Å². The SMILES string of the molecule is CC(C)(C)OC(=O)N1C[C@H](NC(=O)OCC2c3ccccc3-c3ccccc32)C[C@H]1c1nc2cc(I)ccc2[nH]1. The standard InChI is InChI=1S/C31H31IN4O4/c1-31(2,3)40-30(38)36-16-19(15-27(36)28-34-25-13-12-18(32)14-26(25)35-28)33-29(37)39-17-24-22-10-6-4-8-20(22)21-9-5-7-11-23(21)24/h4-14,19,24,27H,15-17H2,1-3H3,(H,33,37)(H,34,35)/t19-,27+/m1/s1. The third-order valence-corrected chi connectivity index (χ3v) is 8.04. The molecule has 1 aliphatic carbocycles. The molecule has 1 aliphatic heterocycles. The van der Waals surface area contributed by atoms with Crippen LogP contribution in [0.15, 0.2) is 66.7 Å². The van der Waals surface area contributed by atoms with Crippen molar-refractivity contribution in [3.05, 3.63) is 87.3 Å². The van der Waals surface area contributed by atoms with Crippen molar-refractivity contribution in [2.45, 2.75) is 50.8 Å². The topological polar surface area (TPSA) is 96.6 Å². The molecule has 206 valence electrons. The van der Waals surface area contributed by atoms with Gasteiger partial charge in [-0.25, -0.2) is 14.6 Å². The molecule has 1 aromatic heterocycles. The van der Waals surface area contributed by atoms with Gasteiger partial charge in [0.2, 0.25) is 0 Å². The summed E-state index contributed by atoms with van der Waals surface area (Å²) in [5.74, 6) is 0.644. The predicted molar refractivity (Wildman–Crippen MR) is 161 cm³/mol. The van der Waals surface area contributed by atoms with Crippen molar-refractivity contribution in [2.24, 2.45) is 0 Å². The Balaban J connectivity index is 1.17. The van der Waals surface area contributed by atoms with Crippen LogP contribution < -0.4 is 5.32 Å². The third kappa shape index (κ3) is 5.26. The third-order valence-electron chi connectivity index (χ3n) is 7.37. The van der Waals surface area contributed by atoms with Gasteiger partial charge in [0.25, 0.3) is 0 Å². The molecule has 40 heavy (non-hydrogen) atoms. The van der Waals surface area contributed by atoms with Crippen LogP contribution >= 0.6 is 22.6 Å². The second-order valence-corrected chi connectivity index (χ2v) is 12.6. The van der Waals surface area contributed by atoms with Crippen molar-refractivity contribution in [1.82, 2.24) is 20.2 Å². The Bertz CT molecular complexity index is 1550. The zero-order valence-electron chi connectivity index (χ0n) is 22.6. The number of benzene rings is 3. The van der Waals surface area contributed by atoms with E-state index in [1.807, 2.05) is 63.2 Å². The molecule has 0 unspecified atom stereocenters. The molecule has 2 atom stereocenters. The lowest BCUT2D eigenvalue weighted by molar-refractivity contribution is 0.0215. The number of carbonyl (C=O) groups is 2. The summed E-state index contributed by atoms with van der Waals surface area (Å²) in [5.41, 5.74) is 5.76. The van der Waals surface area contributed by atoms with Gasteiger partial charge < -0.3 is 19.8 Å². The molecule has 6 rings (SSSR count). The lowest BCUT2D eigenvalue weighted by atomic mass is 9.98. The maximum Gasteiger partial charge on any atom is 0.410 e. The van der Waals surface area contributed by atoms with E-state index >= 15 is 0 Å². The van der Waals surface area contributed by atoms with Crippen LogP contribution in [0.25, 0.3) is 22.2 Å². The molecule has 1 saturated heterocycles. The average molecular weight is 651 g/mol. The smallest absolute Gasteiger partial charge is 0.410 e. The van der Waals surface area contributed by atoms with Gasteiger partial charge in [0.15, 0.2) is 0 Å². The number of nitrogens with zero attached hydrogens (tertiary/aromatic N) is 2. The number of amides is 2. The summed E-state index contributed by atoms with van der Waals surface area (Å²) < 4.78 is 12.5. The van der Waals surface area contributed by atoms with Crippen LogP contribution in [-0.2, 0) is 9.47 Å². The Morgan fingerprint density at radius 1 is 1.05 bits per heavy atom. The molecular weight excluding hydrogens is 619 g/mol. The number of halogens is 1. The Morgan fingerprint density at radius 3 is 2.40 bits per heavy atom. The summed E-state index contributed by atoms with van der Waals surface area (Å²) in [6.45, 7) is 6.04. The maximum absolute atomic E-state index is 13.2. The number of nitrogens with one attached hydrogen (secondary N) is 2. The quantitative estimate of drug-likeness (QED) is 0.238. The maximum atomic E-state index is 13.2. The number of aromatic amines is 1. The number of alkyl carbamates (subject to hydrolysis) is 1. The number of fused-ring (bicyclic) bond motifs is 4. The van der Waals surface area contributed by atoms with Gasteiger partial charge in [-0.3, -0.25) is 4.90 Å². The van der Waals surface area contributed by atoms with Crippen molar-refractivity contribution in [3.8, 4) is 11.1 Å². The molecule has 0 saturated carbocycles. The molecule has 8 nitrogen and oxygen atoms in total. The van der Waals surface area contributed by atoms with E-state index in [9.17, 15) is 9.59 Å². The van der Waals surface area contributed by atoms with Crippen molar-refractivity contribution in [2.75, 3.05) is 13.2 Å². The number of rotatable bonds is 4. The van der Waals surface area contributed by atoms with Gasteiger partial charge in [-0.2, -0.15) is 0 Å². The van der Waals surface area contributed by atoms with Gasteiger partial charge in [0, 0.05) is 16.0 Å². The Morgan fingerprint density at radius 2 is 1.73 bits per heavy atom. The minimum Gasteiger partial charge on any atom is -0.449 e. The Labute approximate surface area is 246 Å². The van der Waals surface area contributed by atoms with Crippen molar-refractivity contribution in [1.29, 1.82) is 0 Å². The molecular formula is C31H31IN4O4. The number of hydrogen-bond donors (Lipinski definition) is 2. The lowest BCUT2D eigenvalue weighted by Crippen LogP contribution is -2.41. The first-order valence-electron chi connectivity index (χ1n) is 13.4. The van der Waals surface area contributed by atoms with Gasteiger partial charge in [-0.15, -0.1) is 0 Å². The number of likely N-dealkylation sites (tertiary alicyclic amines) is 1. The van der Waals surface area contributed by atoms with E-state index in [1.54, 1.807) is 4.90 Å². The van der Waals surface area contributed by atoms with E-state index in [1.165, 1.54) is 11.1 Å². The highest BCUT2D eigenvalue weighted by molar-refractivity contribution is 14.1. The molecule has 2 aliphatic rings. The van der Waals surface area contributed by atoms with Crippen LogP contribution in [0.5, 0.6) is 0 Å². The predicted octanol–water partition coefficient (Wildman–Crippen LogP) is 6.76. The molecule has 4 aromatic rings. The first-order chi connectivity index (χ1) is 19.2. The zero-order chi connectivity index (χ0) is 28.0. The van der Waals surface area contributed by atoms with E-state index < -0.39 is 17.8 Å². The number of H-pyrrole nitrogens is 1.